The molecule has 1 amide bonds. The Morgan fingerprint density at radius 2 is 1.93 bits per heavy atom. The van der Waals surface area contributed by atoms with E-state index in [2.05, 4.69) is 24.5 Å². The van der Waals surface area contributed by atoms with Gasteiger partial charge in [0.2, 0.25) is 0 Å². The molecule has 1 aliphatic carbocycles. The molecule has 0 saturated heterocycles. The first-order chi connectivity index (χ1) is 12.8. The van der Waals surface area contributed by atoms with Crippen molar-refractivity contribution in [2.45, 2.75) is 33.1 Å². The highest BCUT2D eigenvalue weighted by atomic mass is 32.1. The average Bonchev–Trinajstić information content (AvgIpc) is 2.96. The number of carbonyl (C=O) groups excluding carboxylic acids is 1. The number of aromatic carboxylic acids is 1. The fraction of sp³-hybridized carbons (Fsp3) is 0.400. The molecule has 3 rings (SSSR count). The third-order valence-corrected chi connectivity index (χ3v) is 5.96. The predicted molar refractivity (Wildman–Crippen MR) is 107 cm³/mol. The Hall–Kier alpha value is -2.38. The van der Waals surface area contributed by atoms with E-state index in [1.165, 1.54) is 11.3 Å². The summed E-state index contributed by atoms with van der Waals surface area (Å²) in [5.41, 5.74) is 2.51. The maximum Gasteiger partial charge on any atom is 0.339 e. The number of hydrogen-bond acceptors (Lipinski definition) is 5. The number of fused-ring (bicyclic) bond motifs is 1. The Morgan fingerprint density at radius 1 is 1.22 bits per heavy atom. The molecule has 0 aliphatic heterocycles. The van der Waals surface area contributed by atoms with Gasteiger partial charge in [-0.2, -0.15) is 0 Å². The molecule has 1 aromatic heterocycles. The van der Waals surface area contributed by atoms with Crippen molar-refractivity contribution in [3.05, 3.63) is 45.8 Å². The van der Waals surface area contributed by atoms with E-state index >= 15 is 0 Å². The minimum atomic E-state index is -0.994. The Kier molecular flexibility index (Phi) is 5.53. The Balaban J connectivity index is 1.82. The van der Waals surface area contributed by atoms with Gasteiger partial charge < -0.3 is 20.8 Å². The van der Waals surface area contributed by atoms with Crippen LogP contribution < -0.4 is 10.6 Å². The number of aliphatic hydroxyl groups is 1. The summed E-state index contributed by atoms with van der Waals surface area (Å²) in [5.74, 6) is -1.32. The summed E-state index contributed by atoms with van der Waals surface area (Å²) in [7, 11) is 0. The summed E-state index contributed by atoms with van der Waals surface area (Å²) >= 11 is 1.38. The van der Waals surface area contributed by atoms with Crippen molar-refractivity contribution < 1.29 is 19.8 Å². The SMILES string of the molecule is CC1(C)CCc2c(sc(NC(=O)c3ccc(NCCO)cc3)c2C(=O)O)C1. The highest BCUT2D eigenvalue weighted by molar-refractivity contribution is 7.17. The number of carboxylic acid groups (broad SMARTS) is 1. The van der Waals surface area contributed by atoms with Crippen LogP contribution in [-0.2, 0) is 12.8 Å². The second kappa shape index (κ2) is 7.70. The normalized spacial score (nSPS) is 15.1. The quantitative estimate of drug-likeness (QED) is 0.606. The van der Waals surface area contributed by atoms with E-state index in [1.54, 1.807) is 24.3 Å². The molecule has 0 bridgehead atoms. The highest BCUT2D eigenvalue weighted by Crippen LogP contribution is 2.43. The third-order valence-electron chi connectivity index (χ3n) is 4.81. The van der Waals surface area contributed by atoms with Crippen LogP contribution in [0.15, 0.2) is 24.3 Å². The van der Waals surface area contributed by atoms with Gasteiger partial charge in [-0.3, -0.25) is 4.79 Å². The van der Waals surface area contributed by atoms with Gasteiger partial charge in [0, 0.05) is 22.7 Å². The second-order valence-corrected chi connectivity index (χ2v) is 8.64. The minimum Gasteiger partial charge on any atom is -0.478 e. The number of carbonyl (C=O) groups is 2. The van der Waals surface area contributed by atoms with Crippen LogP contribution in [0.4, 0.5) is 10.7 Å². The van der Waals surface area contributed by atoms with Crippen LogP contribution in [0.5, 0.6) is 0 Å². The second-order valence-electron chi connectivity index (χ2n) is 7.54. The number of carboxylic acids is 1. The van der Waals surface area contributed by atoms with Gasteiger partial charge >= 0.3 is 5.97 Å². The van der Waals surface area contributed by atoms with Crippen molar-refractivity contribution in [1.82, 2.24) is 0 Å². The van der Waals surface area contributed by atoms with Crippen molar-refractivity contribution in [3.63, 3.8) is 0 Å². The zero-order valence-corrected chi connectivity index (χ0v) is 16.3. The standard InChI is InChI=1S/C20H24N2O4S/c1-20(2)8-7-14-15(11-20)27-18(16(14)19(25)26)22-17(24)12-3-5-13(6-4-12)21-9-10-23/h3-6,21,23H,7-11H2,1-2H3,(H,22,24)(H,25,26). The Morgan fingerprint density at radius 3 is 2.56 bits per heavy atom. The lowest BCUT2D eigenvalue weighted by Crippen LogP contribution is -2.22. The lowest BCUT2D eigenvalue weighted by molar-refractivity contribution is 0.0696. The zero-order chi connectivity index (χ0) is 19.6. The average molecular weight is 388 g/mol. The molecule has 6 nitrogen and oxygen atoms in total. The molecule has 1 aliphatic rings. The van der Waals surface area contributed by atoms with Gasteiger partial charge in [0.1, 0.15) is 5.00 Å². The Bertz CT molecular complexity index is 856. The van der Waals surface area contributed by atoms with Gasteiger partial charge in [-0.15, -0.1) is 11.3 Å². The topological polar surface area (TPSA) is 98.7 Å². The van der Waals surface area contributed by atoms with E-state index in [0.717, 1.165) is 35.4 Å². The van der Waals surface area contributed by atoms with E-state index in [-0.39, 0.29) is 23.5 Å². The summed E-state index contributed by atoms with van der Waals surface area (Å²) in [4.78, 5) is 25.5. The van der Waals surface area contributed by atoms with Crippen LogP contribution in [0.1, 0.15) is 51.4 Å². The molecule has 0 fully saturated rings. The lowest BCUT2D eigenvalue weighted by Gasteiger charge is -2.29. The largest absolute Gasteiger partial charge is 0.478 e. The number of amides is 1. The molecule has 4 N–H and O–H groups in total. The van der Waals surface area contributed by atoms with Crippen LogP contribution in [-0.4, -0.2) is 35.2 Å². The van der Waals surface area contributed by atoms with Crippen LogP contribution in [0.2, 0.25) is 0 Å². The first kappa shape index (κ1) is 19.4. The van der Waals surface area contributed by atoms with Crippen molar-refractivity contribution >= 4 is 33.9 Å². The van der Waals surface area contributed by atoms with Crippen LogP contribution in [0, 0.1) is 5.41 Å². The van der Waals surface area contributed by atoms with Gasteiger partial charge in [0.05, 0.1) is 12.2 Å². The lowest BCUT2D eigenvalue weighted by atomic mass is 9.77. The molecule has 7 heteroatoms. The molecule has 0 radical (unpaired) electrons. The van der Waals surface area contributed by atoms with E-state index < -0.39 is 5.97 Å². The molecule has 0 unspecified atom stereocenters. The zero-order valence-electron chi connectivity index (χ0n) is 15.5. The van der Waals surface area contributed by atoms with Crippen LogP contribution in [0.25, 0.3) is 0 Å². The summed E-state index contributed by atoms with van der Waals surface area (Å²) in [6.45, 7) is 4.83. The fourth-order valence-corrected chi connectivity index (χ4v) is 4.83. The number of thiophene rings is 1. The van der Waals surface area contributed by atoms with E-state index in [1.807, 2.05) is 0 Å². The molecule has 0 spiro atoms. The van der Waals surface area contributed by atoms with Gasteiger partial charge in [0.25, 0.3) is 5.91 Å². The van der Waals surface area contributed by atoms with Gasteiger partial charge in [-0.25, -0.2) is 4.79 Å². The highest BCUT2D eigenvalue weighted by Gasteiger charge is 2.32. The molecule has 0 atom stereocenters. The summed E-state index contributed by atoms with van der Waals surface area (Å²) in [6, 6.07) is 6.85. The molecule has 1 aromatic carbocycles. The maximum absolute atomic E-state index is 12.6. The van der Waals surface area contributed by atoms with Gasteiger partial charge in [-0.05, 0) is 54.5 Å². The molecular formula is C20H24N2O4S. The van der Waals surface area contributed by atoms with Crippen molar-refractivity contribution in [2.24, 2.45) is 5.41 Å². The summed E-state index contributed by atoms with van der Waals surface area (Å²) < 4.78 is 0. The van der Waals surface area contributed by atoms with Crippen molar-refractivity contribution in [2.75, 3.05) is 23.8 Å². The number of hydrogen-bond donors (Lipinski definition) is 4. The number of anilines is 2. The fourth-order valence-electron chi connectivity index (χ4n) is 3.34. The molecular weight excluding hydrogens is 364 g/mol. The van der Waals surface area contributed by atoms with Gasteiger partial charge in [0.15, 0.2) is 0 Å². The van der Waals surface area contributed by atoms with E-state index in [0.29, 0.717) is 17.1 Å². The summed E-state index contributed by atoms with van der Waals surface area (Å²) in [6.07, 6.45) is 2.49. The van der Waals surface area contributed by atoms with Crippen molar-refractivity contribution in [3.8, 4) is 0 Å². The molecule has 2 aromatic rings. The number of rotatable bonds is 6. The minimum absolute atomic E-state index is 0.0278. The van der Waals surface area contributed by atoms with Crippen molar-refractivity contribution in [1.29, 1.82) is 0 Å². The van der Waals surface area contributed by atoms with Crippen LogP contribution in [0.3, 0.4) is 0 Å². The molecule has 27 heavy (non-hydrogen) atoms. The first-order valence-corrected chi connectivity index (χ1v) is 9.76. The predicted octanol–water partition coefficient (Wildman–Crippen LogP) is 3.62. The smallest absolute Gasteiger partial charge is 0.339 e. The number of aliphatic hydroxyl groups excluding tert-OH is 1. The van der Waals surface area contributed by atoms with Crippen LogP contribution >= 0.6 is 11.3 Å². The van der Waals surface area contributed by atoms with E-state index in [4.69, 9.17) is 5.11 Å². The number of benzene rings is 1. The first-order valence-electron chi connectivity index (χ1n) is 8.95. The maximum atomic E-state index is 12.6. The third kappa shape index (κ3) is 4.31. The Labute approximate surface area is 162 Å². The monoisotopic (exact) mass is 388 g/mol. The molecule has 144 valence electrons. The van der Waals surface area contributed by atoms with Gasteiger partial charge in [-0.1, -0.05) is 13.8 Å². The van der Waals surface area contributed by atoms with E-state index in [9.17, 15) is 14.7 Å². The molecule has 1 heterocycles. The summed E-state index contributed by atoms with van der Waals surface area (Å²) in [5, 5.41) is 24.7. The number of nitrogens with one attached hydrogen (secondary N) is 2. The molecule has 0 saturated carbocycles.